The van der Waals surface area contributed by atoms with Crippen LogP contribution in [0, 0.1) is 3.57 Å². The van der Waals surface area contributed by atoms with Gasteiger partial charge in [-0.15, -0.1) is 0 Å². The fourth-order valence-corrected chi connectivity index (χ4v) is 2.05. The maximum Gasteiger partial charge on any atom is 0.253 e. The molecule has 1 heterocycles. The zero-order valence-electron chi connectivity index (χ0n) is 7.38. The molecule has 0 bridgehead atoms. The lowest BCUT2D eigenvalue weighted by molar-refractivity contribution is 0.0781. The maximum atomic E-state index is 11.7. The third-order valence-corrected chi connectivity index (χ3v) is 3.04. The van der Waals surface area contributed by atoms with Crippen LogP contribution in [0.15, 0.2) is 18.2 Å². The number of hydrogen-bond donors (Lipinski definition) is 0. The largest absolute Gasteiger partial charge is 0.341 e. The van der Waals surface area contributed by atoms with Crippen LogP contribution in [0.3, 0.4) is 0 Å². The van der Waals surface area contributed by atoms with E-state index in [-0.39, 0.29) is 5.91 Å². The van der Waals surface area contributed by atoms with Crippen molar-refractivity contribution in [3.8, 4) is 0 Å². The van der Waals surface area contributed by atoms with Gasteiger partial charge < -0.3 is 4.90 Å². The van der Waals surface area contributed by atoms with Crippen molar-refractivity contribution in [3.63, 3.8) is 0 Å². The summed E-state index contributed by atoms with van der Waals surface area (Å²) in [5, 5.41) is 0. The second-order valence-corrected chi connectivity index (χ2v) is 4.52. The molecule has 0 unspecified atom stereocenters. The van der Waals surface area contributed by atoms with Crippen LogP contribution in [0.25, 0.3) is 0 Å². The van der Waals surface area contributed by atoms with E-state index in [1.807, 2.05) is 13.1 Å². The Hall–Kier alpha value is -0.580. The molecule has 0 spiro atoms. The first-order valence-electron chi connectivity index (χ1n) is 4.22. The van der Waals surface area contributed by atoms with Crippen LogP contribution < -0.4 is 0 Å². The van der Waals surface area contributed by atoms with Crippen LogP contribution in [-0.2, 0) is 6.42 Å². The van der Waals surface area contributed by atoms with Crippen molar-refractivity contribution in [2.75, 3.05) is 13.6 Å². The number of fused-ring (bicyclic) bond motifs is 1. The molecule has 1 aliphatic rings. The van der Waals surface area contributed by atoms with Crippen LogP contribution in [0.2, 0.25) is 0 Å². The Morgan fingerprint density at radius 1 is 1.46 bits per heavy atom. The van der Waals surface area contributed by atoms with Crippen LogP contribution in [-0.4, -0.2) is 24.4 Å². The Morgan fingerprint density at radius 3 is 3.00 bits per heavy atom. The first-order valence-corrected chi connectivity index (χ1v) is 5.30. The second-order valence-electron chi connectivity index (χ2n) is 3.28. The first-order chi connectivity index (χ1) is 6.18. The number of likely N-dealkylation sites (N-methyl/N-ethyl adjacent to an activating group) is 1. The SMILES string of the molecule is CN1CCc2ccc(I)cc2C1=O. The van der Waals surface area contributed by atoms with Crippen molar-refractivity contribution in [2.45, 2.75) is 6.42 Å². The van der Waals surface area contributed by atoms with Gasteiger partial charge in [-0.05, 0) is 46.7 Å². The molecule has 68 valence electrons. The molecule has 2 rings (SSSR count). The fraction of sp³-hybridized carbons (Fsp3) is 0.300. The predicted octanol–water partition coefficient (Wildman–Crippen LogP) is 1.92. The maximum absolute atomic E-state index is 11.7. The average molecular weight is 287 g/mol. The van der Waals surface area contributed by atoms with Crippen molar-refractivity contribution < 1.29 is 4.79 Å². The lowest BCUT2D eigenvalue weighted by atomic mass is 10.00. The summed E-state index contributed by atoms with van der Waals surface area (Å²) < 4.78 is 1.13. The summed E-state index contributed by atoms with van der Waals surface area (Å²) in [6, 6.07) is 6.08. The third-order valence-electron chi connectivity index (χ3n) is 2.37. The van der Waals surface area contributed by atoms with E-state index in [1.54, 1.807) is 4.90 Å². The van der Waals surface area contributed by atoms with E-state index in [4.69, 9.17) is 0 Å². The molecule has 0 N–H and O–H groups in total. The van der Waals surface area contributed by atoms with E-state index in [2.05, 4.69) is 34.7 Å². The number of carbonyl (C=O) groups excluding carboxylic acids is 1. The average Bonchev–Trinajstić information content (AvgIpc) is 2.12. The van der Waals surface area contributed by atoms with E-state index >= 15 is 0 Å². The van der Waals surface area contributed by atoms with Gasteiger partial charge in [0.15, 0.2) is 0 Å². The lowest BCUT2D eigenvalue weighted by Crippen LogP contribution is -2.34. The smallest absolute Gasteiger partial charge is 0.253 e. The molecule has 0 saturated heterocycles. The Morgan fingerprint density at radius 2 is 2.23 bits per heavy atom. The Labute approximate surface area is 91.1 Å². The van der Waals surface area contributed by atoms with Crippen molar-refractivity contribution in [1.82, 2.24) is 4.90 Å². The van der Waals surface area contributed by atoms with Crippen LogP contribution in [0.5, 0.6) is 0 Å². The van der Waals surface area contributed by atoms with Gasteiger partial charge in [-0.25, -0.2) is 0 Å². The molecule has 3 heteroatoms. The van der Waals surface area contributed by atoms with Gasteiger partial charge in [0.1, 0.15) is 0 Å². The van der Waals surface area contributed by atoms with Crippen LogP contribution in [0.1, 0.15) is 15.9 Å². The summed E-state index contributed by atoms with van der Waals surface area (Å²) in [6.45, 7) is 0.840. The minimum Gasteiger partial charge on any atom is -0.341 e. The number of benzene rings is 1. The molecular weight excluding hydrogens is 277 g/mol. The highest BCUT2D eigenvalue weighted by atomic mass is 127. The Bertz CT molecular complexity index is 362. The van der Waals surface area contributed by atoms with Gasteiger partial charge in [0.2, 0.25) is 0 Å². The molecule has 13 heavy (non-hydrogen) atoms. The van der Waals surface area contributed by atoms with E-state index in [9.17, 15) is 4.79 Å². The summed E-state index contributed by atoms with van der Waals surface area (Å²) in [5.41, 5.74) is 2.06. The zero-order chi connectivity index (χ0) is 9.42. The predicted molar refractivity (Wildman–Crippen MR) is 59.8 cm³/mol. The summed E-state index contributed by atoms with van der Waals surface area (Å²) in [7, 11) is 1.85. The number of nitrogens with zero attached hydrogens (tertiary/aromatic N) is 1. The van der Waals surface area contributed by atoms with E-state index in [0.717, 1.165) is 22.1 Å². The molecule has 0 aromatic heterocycles. The molecule has 0 radical (unpaired) electrons. The Balaban J connectivity index is 2.51. The molecule has 1 aliphatic heterocycles. The molecule has 1 amide bonds. The summed E-state index contributed by atoms with van der Waals surface area (Å²) in [6.07, 6.45) is 0.981. The minimum atomic E-state index is 0.153. The highest BCUT2D eigenvalue weighted by molar-refractivity contribution is 14.1. The molecule has 1 aromatic carbocycles. The molecule has 0 aliphatic carbocycles. The highest BCUT2D eigenvalue weighted by Crippen LogP contribution is 2.20. The van der Waals surface area contributed by atoms with Crippen molar-refractivity contribution in [1.29, 1.82) is 0 Å². The van der Waals surface area contributed by atoms with Crippen LogP contribution >= 0.6 is 22.6 Å². The molecule has 0 saturated carbocycles. The monoisotopic (exact) mass is 287 g/mol. The number of halogens is 1. The van der Waals surface area contributed by atoms with Gasteiger partial charge in [0, 0.05) is 22.7 Å². The van der Waals surface area contributed by atoms with E-state index < -0.39 is 0 Å². The summed E-state index contributed by atoms with van der Waals surface area (Å²) in [4.78, 5) is 13.5. The molecule has 0 atom stereocenters. The molecule has 0 fully saturated rings. The van der Waals surface area contributed by atoms with Crippen molar-refractivity contribution >= 4 is 28.5 Å². The van der Waals surface area contributed by atoms with Gasteiger partial charge in [0.25, 0.3) is 5.91 Å². The first kappa shape index (κ1) is 8.99. The summed E-state index contributed by atoms with van der Waals surface area (Å²) >= 11 is 2.23. The van der Waals surface area contributed by atoms with Crippen LogP contribution in [0.4, 0.5) is 0 Å². The summed E-state index contributed by atoms with van der Waals surface area (Å²) in [5.74, 6) is 0.153. The second kappa shape index (κ2) is 3.29. The zero-order valence-corrected chi connectivity index (χ0v) is 9.54. The normalized spacial score (nSPS) is 15.8. The number of amides is 1. The lowest BCUT2D eigenvalue weighted by Gasteiger charge is -2.24. The molecule has 2 nitrogen and oxygen atoms in total. The minimum absolute atomic E-state index is 0.153. The topological polar surface area (TPSA) is 20.3 Å². The van der Waals surface area contributed by atoms with Crippen molar-refractivity contribution in [3.05, 3.63) is 32.9 Å². The fourth-order valence-electron chi connectivity index (χ4n) is 1.56. The third kappa shape index (κ3) is 1.57. The number of hydrogen-bond acceptors (Lipinski definition) is 1. The van der Waals surface area contributed by atoms with Gasteiger partial charge in [-0.3, -0.25) is 4.79 Å². The standard InChI is InChI=1S/C10H10INO/c1-12-5-4-7-2-3-8(11)6-9(7)10(12)13/h2-3,6H,4-5H2,1H3. The Kier molecular flexibility index (Phi) is 2.27. The van der Waals surface area contributed by atoms with Gasteiger partial charge >= 0.3 is 0 Å². The number of carbonyl (C=O) groups is 1. The molecular formula is C10H10INO. The molecule has 1 aromatic rings. The van der Waals surface area contributed by atoms with Gasteiger partial charge in [0.05, 0.1) is 0 Å². The van der Waals surface area contributed by atoms with E-state index in [0.29, 0.717) is 0 Å². The van der Waals surface area contributed by atoms with Gasteiger partial charge in [-0.1, -0.05) is 6.07 Å². The number of rotatable bonds is 0. The van der Waals surface area contributed by atoms with E-state index in [1.165, 1.54) is 5.56 Å². The van der Waals surface area contributed by atoms with Gasteiger partial charge in [-0.2, -0.15) is 0 Å². The highest BCUT2D eigenvalue weighted by Gasteiger charge is 2.20. The van der Waals surface area contributed by atoms with Crippen molar-refractivity contribution in [2.24, 2.45) is 0 Å². The quantitative estimate of drug-likeness (QED) is 0.668.